The van der Waals surface area contributed by atoms with Gasteiger partial charge in [0.2, 0.25) is 0 Å². The lowest BCUT2D eigenvalue weighted by molar-refractivity contribution is 0.0651. The summed E-state index contributed by atoms with van der Waals surface area (Å²) in [5.74, 6) is 0. The van der Waals surface area contributed by atoms with Crippen molar-refractivity contribution in [2.24, 2.45) is 0 Å². The van der Waals surface area contributed by atoms with Crippen molar-refractivity contribution in [2.75, 3.05) is 26.9 Å². The van der Waals surface area contributed by atoms with E-state index in [4.69, 9.17) is 9.47 Å². The van der Waals surface area contributed by atoms with Gasteiger partial charge in [0.15, 0.2) is 0 Å². The monoisotopic (exact) mass is 239 g/mol. The van der Waals surface area contributed by atoms with Gasteiger partial charge in [-0.3, -0.25) is 4.68 Å². The maximum absolute atomic E-state index is 5.43. The van der Waals surface area contributed by atoms with Gasteiger partial charge in [0, 0.05) is 25.9 Å². The minimum atomic E-state index is 0.646. The van der Waals surface area contributed by atoms with E-state index in [-0.39, 0.29) is 0 Å². The summed E-state index contributed by atoms with van der Waals surface area (Å²) in [5.41, 5.74) is 1.23. The molecule has 0 saturated heterocycles. The molecule has 0 amide bonds. The molecule has 0 aromatic carbocycles. The SMILES string of the molecule is COCCOCCn1nccc1CNC1CC1. The van der Waals surface area contributed by atoms with E-state index in [1.165, 1.54) is 18.5 Å². The van der Waals surface area contributed by atoms with Crippen LogP contribution in [0.3, 0.4) is 0 Å². The fourth-order valence-corrected chi connectivity index (χ4v) is 1.64. The molecule has 0 aliphatic heterocycles. The zero-order chi connectivity index (χ0) is 11.9. The minimum absolute atomic E-state index is 0.646. The average molecular weight is 239 g/mol. The molecule has 1 aromatic rings. The van der Waals surface area contributed by atoms with E-state index in [0.29, 0.717) is 19.8 Å². The van der Waals surface area contributed by atoms with Crippen LogP contribution in [0.25, 0.3) is 0 Å². The Morgan fingerprint density at radius 1 is 1.41 bits per heavy atom. The number of aromatic nitrogens is 2. The minimum Gasteiger partial charge on any atom is -0.382 e. The van der Waals surface area contributed by atoms with E-state index in [2.05, 4.69) is 16.5 Å². The van der Waals surface area contributed by atoms with Gasteiger partial charge in [-0.2, -0.15) is 5.10 Å². The zero-order valence-electron chi connectivity index (χ0n) is 10.4. The number of hydrogen-bond acceptors (Lipinski definition) is 4. The summed E-state index contributed by atoms with van der Waals surface area (Å²) in [4.78, 5) is 0. The number of ether oxygens (including phenoxy) is 2. The van der Waals surface area contributed by atoms with Gasteiger partial charge in [0.1, 0.15) is 0 Å². The standard InChI is InChI=1S/C12H21N3O2/c1-16-8-9-17-7-6-15-12(4-5-14-15)10-13-11-2-3-11/h4-5,11,13H,2-3,6-10H2,1H3. The quantitative estimate of drug-likeness (QED) is 0.648. The fraction of sp³-hybridized carbons (Fsp3) is 0.750. The van der Waals surface area contributed by atoms with Gasteiger partial charge in [0.25, 0.3) is 0 Å². The van der Waals surface area contributed by atoms with Crippen LogP contribution in [0.5, 0.6) is 0 Å². The first-order valence-corrected chi connectivity index (χ1v) is 6.21. The highest BCUT2D eigenvalue weighted by Crippen LogP contribution is 2.19. The normalized spacial score (nSPS) is 15.4. The van der Waals surface area contributed by atoms with E-state index < -0.39 is 0 Å². The fourth-order valence-electron chi connectivity index (χ4n) is 1.64. The zero-order valence-corrected chi connectivity index (χ0v) is 10.4. The van der Waals surface area contributed by atoms with E-state index in [0.717, 1.165) is 19.1 Å². The molecule has 1 aliphatic rings. The molecule has 5 heteroatoms. The molecular weight excluding hydrogens is 218 g/mol. The molecule has 0 atom stereocenters. The Kier molecular flexibility index (Phi) is 4.97. The molecule has 1 heterocycles. The van der Waals surface area contributed by atoms with Gasteiger partial charge in [-0.15, -0.1) is 0 Å². The third kappa shape index (κ3) is 4.46. The molecule has 1 saturated carbocycles. The lowest BCUT2D eigenvalue weighted by atomic mass is 10.4. The average Bonchev–Trinajstić information content (AvgIpc) is 3.06. The highest BCUT2D eigenvalue weighted by molar-refractivity contribution is 5.01. The summed E-state index contributed by atoms with van der Waals surface area (Å²) in [7, 11) is 1.68. The third-order valence-electron chi connectivity index (χ3n) is 2.83. The van der Waals surface area contributed by atoms with Gasteiger partial charge in [-0.05, 0) is 18.9 Å². The molecule has 1 aromatic heterocycles. The van der Waals surface area contributed by atoms with Gasteiger partial charge in [-0.25, -0.2) is 0 Å². The molecule has 1 aliphatic carbocycles. The smallest absolute Gasteiger partial charge is 0.0701 e. The highest BCUT2D eigenvalue weighted by atomic mass is 16.5. The Bertz CT molecular complexity index is 323. The van der Waals surface area contributed by atoms with E-state index in [1.807, 2.05) is 10.9 Å². The van der Waals surface area contributed by atoms with Crippen molar-refractivity contribution in [3.8, 4) is 0 Å². The van der Waals surface area contributed by atoms with E-state index >= 15 is 0 Å². The Morgan fingerprint density at radius 3 is 3.06 bits per heavy atom. The maximum Gasteiger partial charge on any atom is 0.0701 e. The van der Waals surface area contributed by atoms with Crippen LogP contribution >= 0.6 is 0 Å². The summed E-state index contributed by atoms with van der Waals surface area (Å²) < 4.78 is 12.4. The maximum atomic E-state index is 5.43. The van der Waals surface area contributed by atoms with E-state index in [9.17, 15) is 0 Å². The molecule has 0 spiro atoms. The van der Waals surface area contributed by atoms with Crippen molar-refractivity contribution in [2.45, 2.75) is 32.0 Å². The van der Waals surface area contributed by atoms with Crippen molar-refractivity contribution in [3.05, 3.63) is 18.0 Å². The van der Waals surface area contributed by atoms with Crippen LogP contribution in [0, 0.1) is 0 Å². The second-order valence-electron chi connectivity index (χ2n) is 4.31. The lowest BCUT2D eigenvalue weighted by Gasteiger charge is -2.08. The summed E-state index contributed by atoms with van der Waals surface area (Å²) in [5, 5.41) is 7.79. The highest BCUT2D eigenvalue weighted by Gasteiger charge is 2.20. The molecule has 1 fully saturated rings. The first kappa shape index (κ1) is 12.5. The molecule has 0 unspecified atom stereocenters. The van der Waals surface area contributed by atoms with Crippen LogP contribution in [0.4, 0.5) is 0 Å². The first-order chi connectivity index (χ1) is 8.40. The third-order valence-corrected chi connectivity index (χ3v) is 2.83. The Morgan fingerprint density at radius 2 is 2.29 bits per heavy atom. The topological polar surface area (TPSA) is 48.3 Å². The number of hydrogen-bond donors (Lipinski definition) is 1. The largest absolute Gasteiger partial charge is 0.382 e. The summed E-state index contributed by atoms with van der Waals surface area (Å²) in [6, 6.07) is 2.79. The molecule has 0 bridgehead atoms. The molecule has 0 radical (unpaired) electrons. The van der Waals surface area contributed by atoms with Crippen LogP contribution in [0.1, 0.15) is 18.5 Å². The number of methoxy groups -OCH3 is 1. The summed E-state index contributed by atoms with van der Waals surface area (Å²) in [6.45, 7) is 3.69. The first-order valence-electron chi connectivity index (χ1n) is 6.21. The van der Waals surface area contributed by atoms with Crippen LogP contribution in [-0.4, -0.2) is 42.8 Å². The van der Waals surface area contributed by atoms with Gasteiger partial charge < -0.3 is 14.8 Å². The van der Waals surface area contributed by atoms with Crippen molar-refractivity contribution in [1.29, 1.82) is 0 Å². The van der Waals surface area contributed by atoms with Crippen LogP contribution in [0.2, 0.25) is 0 Å². The van der Waals surface area contributed by atoms with Crippen LogP contribution < -0.4 is 5.32 Å². The lowest BCUT2D eigenvalue weighted by Crippen LogP contribution is -2.20. The van der Waals surface area contributed by atoms with Crippen LogP contribution in [-0.2, 0) is 22.6 Å². The summed E-state index contributed by atoms with van der Waals surface area (Å²) >= 11 is 0. The Labute approximate surface area is 102 Å². The second-order valence-corrected chi connectivity index (χ2v) is 4.31. The number of rotatable bonds is 9. The summed E-state index contributed by atoms with van der Waals surface area (Å²) in [6.07, 6.45) is 4.47. The number of nitrogens with one attached hydrogen (secondary N) is 1. The van der Waals surface area contributed by atoms with E-state index in [1.54, 1.807) is 7.11 Å². The predicted octanol–water partition coefficient (Wildman–Crippen LogP) is 0.798. The molecule has 96 valence electrons. The van der Waals surface area contributed by atoms with Crippen LogP contribution in [0.15, 0.2) is 12.3 Å². The Hall–Kier alpha value is -0.910. The molecule has 1 N–H and O–H groups in total. The van der Waals surface area contributed by atoms with Crippen molar-refractivity contribution in [3.63, 3.8) is 0 Å². The molecular formula is C12H21N3O2. The van der Waals surface area contributed by atoms with Crippen molar-refractivity contribution < 1.29 is 9.47 Å². The van der Waals surface area contributed by atoms with Gasteiger partial charge in [-0.1, -0.05) is 0 Å². The van der Waals surface area contributed by atoms with Gasteiger partial charge >= 0.3 is 0 Å². The number of nitrogens with zero attached hydrogens (tertiary/aromatic N) is 2. The Balaban J connectivity index is 1.66. The van der Waals surface area contributed by atoms with Gasteiger partial charge in [0.05, 0.1) is 32.1 Å². The predicted molar refractivity (Wildman–Crippen MR) is 64.8 cm³/mol. The molecule has 2 rings (SSSR count). The second kappa shape index (κ2) is 6.74. The molecule has 17 heavy (non-hydrogen) atoms. The van der Waals surface area contributed by atoms with Crippen molar-refractivity contribution in [1.82, 2.24) is 15.1 Å². The molecule has 5 nitrogen and oxygen atoms in total. The van der Waals surface area contributed by atoms with Crippen molar-refractivity contribution >= 4 is 0 Å².